The fraction of sp³-hybridized carbons (Fsp3) is 0.407. The number of nitrogens with zero attached hydrogens (tertiary/aromatic N) is 3. The number of carbonyl (C=O) groups is 1. The first-order chi connectivity index (χ1) is 18.8. The molecule has 0 saturated carbocycles. The molecule has 0 bridgehead atoms. The van der Waals surface area contributed by atoms with Gasteiger partial charge in [0.25, 0.3) is 0 Å². The molecule has 1 atom stereocenters. The lowest BCUT2D eigenvalue weighted by molar-refractivity contribution is 0.0811. The minimum absolute atomic E-state index is 0.0790. The summed E-state index contributed by atoms with van der Waals surface area (Å²) < 4.78 is 44.8. The van der Waals surface area contributed by atoms with E-state index < -0.39 is 9.84 Å². The van der Waals surface area contributed by atoms with Gasteiger partial charge in [0.2, 0.25) is 15.0 Å². The Hall–Kier alpha value is -3.12. The fourth-order valence-corrected chi connectivity index (χ4v) is 6.15. The van der Waals surface area contributed by atoms with Crippen LogP contribution in [-0.4, -0.2) is 69.0 Å². The molecule has 1 fully saturated rings. The van der Waals surface area contributed by atoms with E-state index in [9.17, 15) is 13.2 Å². The van der Waals surface area contributed by atoms with Crippen molar-refractivity contribution >= 4 is 33.2 Å². The lowest BCUT2D eigenvalue weighted by Crippen LogP contribution is -2.40. The number of benzene rings is 2. The summed E-state index contributed by atoms with van der Waals surface area (Å²) >= 11 is 6.09. The minimum Gasteiger partial charge on any atom is -0.497 e. The van der Waals surface area contributed by atoms with Crippen LogP contribution in [0.25, 0.3) is 0 Å². The topological polar surface area (TPSA) is 112 Å². The molecule has 1 aliphatic rings. The molecule has 0 unspecified atom stereocenters. The molecule has 2 heterocycles. The maximum absolute atomic E-state index is 13.5. The number of methoxy groups -OCH3 is 2. The number of hydrogen-bond acceptors (Lipinski definition) is 7. The van der Waals surface area contributed by atoms with Crippen LogP contribution in [0.4, 0.5) is 10.5 Å². The molecule has 0 spiro atoms. The van der Waals surface area contributed by atoms with Crippen LogP contribution in [0.1, 0.15) is 24.1 Å². The van der Waals surface area contributed by atoms with Crippen LogP contribution in [-0.2, 0) is 38.2 Å². The average Bonchev–Trinajstić information content (AvgIpc) is 3.57. The summed E-state index contributed by atoms with van der Waals surface area (Å²) in [6.45, 7) is 1.63. The van der Waals surface area contributed by atoms with E-state index in [4.69, 9.17) is 25.8 Å². The predicted molar refractivity (Wildman–Crippen MR) is 148 cm³/mol. The molecule has 2 aromatic carbocycles. The van der Waals surface area contributed by atoms with Crippen molar-refractivity contribution in [3.63, 3.8) is 0 Å². The molecule has 10 nitrogen and oxygen atoms in total. The van der Waals surface area contributed by atoms with Gasteiger partial charge in [0, 0.05) is 37.5 Å². The van der Waals surface area contributed by atoms with E-state index in [1.165, 1.54) is 13.3 Å². The van der Waals surface area contributed by atoms with Gasteiger partial charge in [-0.25, -0.2) is 18.2 Å². The van der Waals surface area contributed by atoms with Gasteiger partial charge in [-0.05, 0) is 48.7 Å². The van der Waals surface area contributed by atoms with E-state index in [-0.39, 0.29) is 42.7 Å². The molecule has 1 saturated heterocycles. The lowest BCUT2D eigenvalue weighted by Gasteiger charge is -2.26. The van der Waals surface area contributed by atoms with Gasteiger partial charge in [0.1, 0.15) is 5.75 Å². The van der Waals surface area contributed by atoms with E-state index in [1.54, 1.807) is 65.1 Å². The zero-order valence-electron chi connectivity index (χ0n) is 22.0. The highest BCUT2D eigenvalue weighted by atomic mass is 35.5. The van der Waals surface area contributed by atoms with Crippen LogP contribution in [0.5, 0.6) is 5.75 Å². The molecule has 0 aliphatic carbocycles. The smallest absolute Gasteiger partial charge is 0.322 e. The fourth-order valence-electron chi connectivity index (χ4n) is 4.45. The van der Waals surface area contributed by atoms with Crippen LogP contribution in [0.3, 0.4) is 0 Å². The Kier molecular flexibility index (Phi) is 9.84. The Balaban J connectivity index is 1.61. The van der Waals surface area contributed by atoms with Crippen LogP contribution < -0.4 is 10.1 Å². The van der Waals surface area contributed by atoms with Crippen molar-refractivity contribution in [1.29, 1.82) is 0 Å². The Labute approximate surface area is 233 Å². The zero-order valence-corrected chi connectivity index (χ0v) is 23.6. The van der Waals surface area contributed by atoms with E-state index in [0.717, 1.165) is 12.8 Å². The average molecular weight is 577 g/mol. The van der Waals surface area contributed by atoms with Crippen molar-refractivity contribution in [2.75, 3.05) is 39.3 Å². The number of anilines is 1. The second-order valence-corrected chi connectivity index (χ2v) is 11.6. The number of rotatable bonds is 12. The number of hydrogen-bond donors (Lipinski definition) is 1. The highest BCUT2D eigenvalue weighted by Crippen LogP contribution is 2.23. The number of carbonyl (C=O) groups excluding carboxylic acids is 1. The number of nitrogens with one attached hydrogen (secondary N) is 1. The molecular formula is C27H33ClN4O6S. The zero-order chi connectivity index (χ0) is 27.8. The van der Waals surface area contributed by atoms with Gasteiger partial charge in [-0.15, -0.1) is 0 Å². The highest BCUT2D eigenvalue weighted by Gasteiger charge is 2.28. The molecule has 12 heteroatoms. The Morgan fingerprint density at radius 3 is 2.77 bits per heavy atom. The van der Waals surface area contributed by atoms with Gasteiger partial charge < -0.3 is 29.0 Å². The molecule has 39 heavy (non-hydrogen) atoms. The molecule has 2 amide bonds. The van der Waals surface area contributed by atoms with Gasteiger partial charge in [0.05, 0.1) is 44.0 Å². The summed E-state index contributed by atoms with van der Waals surface area (Å²) in [7, 11) is -0.753. The van der Waals surface area contributed by atoms with Crippen molar-refractivity contribution in [2.45, 2.75) is 42.9 Å². The first-order valence-corrected chi connectivity index (χ1v) is 14.6. The Morgan fingerprint density at radius 2 is 2.05 bits per heavy atom. The van der Waals surface area contributed by atoms with E-state index in [2.05, 4.69) is 10.3 Å². The number of urea groups is 1. The summed E-state index contributed by atoms with van der Waals surface area (Å²) in [4.78, 5) is 19.3. The van der Waals surface area contributed by atoms with Gasteiger partial charge in [0.15, 0.2) is 0 Å². The molecule has 3 aromatic rings. The first-order valence-electron chi connectivity index (χ1n) is 12.6. The largest absolute Gasteiger partial charge is 0.497 e. The number of aromatic nitrogens is 2. The molecule has 0 radical (unpaired) electrons. The molecule has 1 N–H and O–H groups in total. The van der Waals surface area contributed by atoms with Crippen LogP contribution in [0.2, 0.25) is 5.02 Å². The number of ether oxygens (including phenoxy) is 3. The summed E-state index contributed by atoms with van der Waals surface area (Å²) in [5, 5.41) is 3.31. The van der Waals surface area contributed by atoms with Crippen molar-refractivity contribution in [3.05, 3.63) is 71.0 Å². The number of amides is 2. The van der Waals surface area contributed by atoms with E-state index >= 15 is 0 Å². The second kappa shape index (κ2) is 13.3. The molecule has 1 aromatic heterocycles. The van der Waals surface area contributed by atoms with Crippen LogP contribution in [0, 0.1) is 0 Å². The third-order valence-electron chi connectivity index (χ3n) is 6.35. The maximum Gasteiger partial charge on any atom is 0.322 e. The highest BCUT2D eigenvalue weighted by molar-refractivity contribution is 7.90. The Morgan fingerprint density at radius 1 is 1.23 bits per heavy atom. The summed E-state index contributed by atoms with van der Waals surface area (Å²) in [5.41, 5.74) is 1.70. The number of imidazole rings is 1. The SMILES string of the molecule is COCCn1c(CN(C[C@@H]2CCCO2)C(=O)Nc2cccc(Cl)c2)cnc1S(=O)(=O)Cc1cccc(OC)c1. The summed E-state index contributed by atoms with van der Waals surface area (Å²) in [6.07, 6.45) is 3.15. The van der Waals surface area contributed by atoms with Crippen molar-refractivity contribution in [2.24, 2.45) is 0 Å². The predicted octanol–water partition coefficient (Wildman–Crippen LogP) is 4.38. The standard InChI is InChI=1S/C27H33ClN4O6S/c1-36-13-11-32-23(16-29-27(32)39(34,35)19-20-6-3-9-24(14-20)37-2)17-31(18-25-10-5-12-38-25)26(33)30-22-8-4-7-21(28)15-22/h3-4,6-9,14-16,25H,5,10-13,17-19H2,1-2H3,(H,30,33)/t25-/m0/s1. The third-order valence-corrected chi connectivity index (χ3v) is 8.18. The van der Waals surface area contributed by atoms with Crippen LogP contribution in [0.15, 0.2) is 59.9 Å². The quantitative estimate of drug-likeness (QED) is 0.340. The molecular weight excluding hydrogens is 544 g/mol. The van der Waals surface area contributed by atoms with E-state index in [0.29, 0.717) is 40.9 Å². The Bertz CT molecular complexity index is 1370. The van der Waals surface area contributed by atoms with E-state index in [1.807, 2.05) is 0 Å². The molecule has 210 valence electrons. The number of sulfone groups is 1. The number of halogens is 1. The van der Waals surface area contributed by atoms with Gasteiger partial charge in [-0.3, -0.25) is 0 Å². The molecule has 4 rings (SSSR count). The molecule has 1 aliphatic heterocycles. The first kappa shape index (κ1) is 28.9. The lowest BCUT2D eigenvalue weighted by atomic mass is 10.2. The van der Waals surface area contributed by atoms with Gasteiger partial charge >= 0.3 is 6.03 Å². The van der Waals surface area contributed by atoms with Crippen molar-refractivity contribution in [1.82, 2.24) is 14.5 Å². The van der Waals surface area contributed by atoms with Crippen molar-refractivity contribution in [3.8, 4) is 5.75 Å². The minimum atomic E-state index is -3.83. The third kappa shape index (κ3) is 7.72. The monoisotopic (exact) mass is 576 g/mol. The van der Waals surface area contributed by atoms with Gasteiger partial charge in [-0.1, -0.05) is 29.8 Å². The summed E-state index contributed by atoms with van der Waals surface area (Å²) in [5.74, 6) is 0.323. The summed E-state index contributed by atoms with van der Waals surface area (Å²) in [6, 6.07) is 13.4. The second-order valence-electron chi connectivity index (χ2n) is 9.24. The normalized spacial score (nSPS) is 15.3. The van der Waals surface area contributed by atoms with Crippen molar-refractivity contribution < 1.29 is 27.4 Å². The van der Waals surface area contributed by atoms with Crippen LogP contribution >= 0.6 is 11.6 Å². The maximum atomic E-state index is 13.5. The van der Waals surface area contributed by atoms with Gasteiger partial charge in [-0.2, -0.15) is 0 Å².